The summed E-state index contributed by atoms with van der Waals surface area (Å²) in [5.41, 5.74) is 2.88. The summed E-state index contributed by atoms with van der Waals surface area (Å²) < 4.78 is 36.1. The molecule has 0 bridgehead atoms. The Labute approximate surface area is 197 Å². The number of pyridine rings is 1. The molecule has 0 radical (unpaired) electrons. The van der Waals surface area contributed by atoms with E-state index in [1.165, 1.54) is 4.31 Å². The number of sulfonamides is 1. The number of aromatic nitrogens is 3. The van der Waals surface area contributed by atoms with Crippen LogP contribution < -0.4 is 0 Å². The van der Waals surface area contributed by atoms with Crippen LogP contribution >= 0.6 is 0 Å². The fraction of sp³-hybridized carbons (Fsp3) is 0.520. The number of hydrogen-bond acceptors (Lipinski definition) is 5. The van der Waals surface area contributed by atoms with E-state index in [-0.39, 0.29) is 6.04 Å². The molecule has 180 valence electrons. The van der Waals surface area contributed by atoms with Crippen molar-refractivity contribution < 1.29 is 13.2 Å². The van der Waals surface area contributed by atoms with Crippen molar-refractivity contribution in [3.05, 3.63) is 54.1 Å². The molecule has 0 saturated heterocycles. The van der Waals surface area contributed by atoms with E-state index in [9.17, 15) is 8.42 Å². The summed E-state index contributed by atoms with van der Waals surface area (Å²) in [6.45, 7) is 9.97. The molecule has 0 aliphatic carbocycles. The quantitative estimate of drug-likeness (QED) is 0.359. The van der Waals surface area contributed by atoms with Crippen molar-refractivity contribution in [3.63, 3.8) is 0 Å². The number of benzene rings is 1. The van der Waals surface area contributed by atoms with Gasteiger partial charge in [0.15, 0.2) is 0 Å². The second kappa shape index (κ2) is 11.2. The lowest BCUT2D eigenvalue weighted by Crippen LogP contribution is -2.41. The second-order valence-electron chi connectivity index (χ2n) is 8.99. The van der Waals surface area contributed by atoms with Crippen LogP contribution in [-0.4, -0.2) is 53.6 Å². The Balaban J connectivity index is 1.76. The van der Waals surface area contributed by atoms with Crippen molar-refractivity contribution >= 4 is 21.1 Å². The number of nitrogens with zero attached hydrogens (tertiary/aromatic N) is 4. The minimum Gasteiger partial charge on any atom is -0.380 e. The van der Waals surface area contributed by atoms with Crippen molar-refractivity contribution in [3.8, 4) is 0 Å². The Morgan fingerprint density at radius 1 is 1.15 bits per heavy atom. The fourth-order valence-corrected chi connectivity index (χ4v) is 5.30. The Bertz CT molecular complexity index is 1140. The van der Waals surface area contributed by atoms with Crippen LogP contribution in [0.2, 0.25) is 0 Å². The van der Waals surface area contributed by atoms with Crippen LogP contribution in [0.15, 0.2) is 47.6 Å². The van der Waals surface area contributed by atoms with Crippen LogP contribution in [0.4, 0.5) is 0 Å². The zero-order chi connectivity index (χ0) is 24.0. The third-order valence-electron chi connectivity index (χ3n) is 5.89. The summed E-state index contributed by atoms with van der Waals surface area (Å²) in [5, 5.41) is 0. The van der Waals surface area contributed by atoms with E-state index in [4.69, 9.17) is 4.74 Å². The molecule has 1 atom stereocenters. The third kappa shape index (κ3) is 6.19. The number of unbranched alkanes of at least 4 members (excludes halogenated alkanes) is 1. The number of fused-ring (bicyclic) bond motifs is 1. The second-order valence-corrected chi connectivity index (χ2v) is 11.0. The first kappa shape index (κ1) is 25.3. The molecule has 3 rings (SSSR count). The van der Waals surface area contributed by atoms with Crippen LogP contribution in [0.5, 0.6) is 0 Å². The van der Waals surface area contributed by atoms with Gasteiger partial charge in [-0.3, -0.25) is 4.98 Å². The summed E-state index contributed by atoms with van der Waals surface area (Å²) in [6, 6.07) is 8.90. The first-order valence-electron chi connectivity index (χ1n) is 11.7. The topological polar surface area (TPSA) is 77.3 Å². The van der Waals surface area contributed by atoms with Gasteiger partial charge in [-0.1, -0.05) is 39.3 Å². The molecule has 0 fully saturated rings. The maximum absolute atomic E-state index is 13.3. The van der Waals surface area contributed by atoms with E-state index in [1.807, 2.05) is 25.1 Å². The van der Waals surface area contributed by atoms with Gasteiger partial charge in [-0.15, -0.1) is 0 Å². The zero-order valence-corrected chi connectivity index (χ0v) is 21.2. The molecule has 0 spiro atoms. The normalized spacial score (nSPS) is 13.3. The van der Waals surface area contributed by atoms with E-state index in [0.717, 1.165) is 41.7 Å². The maximum atomic E-state index is 13.3. The van der Waals surface area contributed by atoms with Crippen molar-refractivity contribution in [2.24, 2.45) is 5.92 Å². The third-order valence-corrected chi connectivity index (χ3v) is 7.82. The van der Waals surface area contributed by atoms with E-state index in [2.05, 4.69) is 35.3 Å². The molecule has 0 aliphatic rings. The van der Waals surface area contributed by atoms with E-state index in [0.29, 0.717) is 30.6 Å². The zero-order valence-electron chi connectivity index (χ0n) is 20.4. The molecule has 0 N–H and O–H groups in total. The lowest BCUT2D eigenvalue weighted by molar-refractivity contribution is 0.0843. The van der Waals surface area contributed by atoms with Crippen molar-refractivity contribution in [1.82, 2.24) is 18.8 Å². The van der Waals surface area contributed by atoms with Crippen molar-refractivity contribution in [2.75, 3.05) is 20.3 Å². The summed E-state index contributed by atoms with van der Waals surface area (Å²) in [7, 11) is -1.96. The molecule has 0 saturated carbocycles. The highest BCUT2D eigenvalue weighted by Gasteiger charge is 2.28. The van der Waals surface area contributed by atoms with Crippen molar-refractivity contribution in [1.29, 1.82) is 0 Å². The molecule has 0 aliphatic heterocycles. The van der Waals surface area contributed by atoms with Gasteiger partial charge in [-0.05, 0) is 49.4 Å². The van der Waals surface area contributed by atoms with Crippen LogP contribution in [0, 0.1) is 12.8 Å². The van der Waals surface area contributed by atoms with Gasteiger partial charge in [-0.2, -0.15) is 4.31 Å². The average molecular weight is 473 g/mol. The monoisotopic (exact) mass is 472 g/mol. The van der Waals surface area contributed by atoms with Gasteiger partial charge in [0, 0.05) is 32.4 Å². The smallest absolute Gasteiger partial charge is 0.243 e. The maximum Gasteiger partial charge on any atom is 0.243 e. The van der Waals surface area contributed by atoms with Gasteiger partial charge in [0.05, 0.1) is 23.2 Å². The van der Waals surface area contributed by atoms with E-state index in [1.54, 1.807) is 31.6 Å². The minimum atomic E-state index is -3.62. The number of likely N-dealkylation sites (N-methyl/N-ethyl adjacent to an activating group) is 1. The molecule has 8 heteroatoms. The summed E-state index contributed by atoms with van der Waals surface area (Å²) >= 11 is 0. The Morgan fingerprint density at radius 3 is 2.55 bits per heavy atom. The highest BCUT2D eigenvalue weighted by molar-refractivity contribution is 7.89. The predicted octanol–water partition coefficient (Wildman–Crippen LogP) is 4.64. The van der Waals surface area contributed by atoms with Gasteiger partial charge >= 0.3 is 0 Å². The molecule has 2 aromatic heterocycles. The first-order chi connectivity index (χ1) is 15.7. The molecule has 2 heterocycles. The van der Waals surface area contributed by atoms with Crippen LogP contribution in [-0.2, 0) is 21.3 Å². The fourth-order valence-electron chi connectivity index (χ4n) is 3.95. The number of ether oxygens (including phenoxy) is 1. The van der Waals surface area contributed by atoms with Gasteiger partial charge in [0.25, 0.3) is 0 Å². The highest BCUT2D eigenvalue weighted by atomic mass is 32.2. The van der Waals surface area contributed by atoms with Gasteiger partial charge < -0.3 is 9.30 Å². The number of imidazole rings is 1. The Morgan fingerprint density at radius 2 is 1.88 bits per heavy atom. The predicted molar refractivity (Wildman–Crippen MR) is 132 cm³/mol. The summed E-state index contributed by atoms with van der Waals surface area (Å²) in [6.07, 6.45) is 6.30. The highest BCUT2D eigenvalue weighted by Crippen LogP contribution is 2.22. The Hall–Kier alpha value is -2.29. The number of rotatable bonds is 12. The number of aryl methyl sites for hydroxylation is 1. The SMILES string of the molecule is CCCCOCC(CC(C)C)N(C)S(=O)(=O)c1ccc(Cn2c(C)nc3cnccc32)cc1. The molecule has 0 amide bonds. The molecule has 7 nitrogen and oxygen atoms in total. The Kier molecular flexibility index (Phi) is 8.62. The molecular weight excluding hydrogens is 436 g/mol. The lowest BCUT2D eigenvalue weighted by atomic mass is 10.0. The summed E-state index contributed by atoms with van der Waals surface area (Å²) in [5.74, 6) is 1.27. The van der Waals surface area contributed by atoms with Gasteiger partial charge in [-0.25, -0.2) is 13.4 Å². The largest absolute Gasteiger partial charge is 0.380 e. The molecule has 3 aromatic rings. The molecule has 1 unspecified atom stereocenters. The number of hydrogen-bond donors (Lipinski definition) is 0. The van der Waals surface area contributed by atoms with E-state index < -0.39 is 10.0 Å². The van der Waals surface area contributed by atoms with Crippen LogP contribution in [0.3, 0.4) is 0 Å². The molecular formula is C25H36N4O3S. The molecule has 33 heavy (non-hydrogen) atoms. The summed E-state index contributed by atoms with van der Waals surface area (Å²) in [4.78, 5) is 8.99. The molecule has 1 aromatic carbocycles. The van der Waals surface area contributed by atoms with E-state index >= 15 is 0 Å². The van der Waals surface area contributed by atoms with Crippen molar-refractivity contribution in [2.45, 2.75) is 64.4 Å². The minimum absolute atomic E-state index is 0.194. The standard InChI is InChI=1S/C25H36N4O3S/c1-6-7-14-32-18-22(15-19(2)3)28(5)33(30,31)23-10-8-21(9-11-23)17-29-20(4)27-24-16-26-13-12-25(24)29/h8-13,16,19,22H,6-7,14-15,17-18H2,1-5H3. The first-order valence-corrected chi connectivity index (χ1v) is 13.1. The van der Waals surface area contributed by atoms with Gasteiger partial charge in [0.2, 0.25) is 10.0 Å². The van der Waals surface area contributed by atoms with Gasteiger partial charge in [0.1, 0.15) is 11.3 Å². The lowest BCUT2D eigenvalue weighted by Gasteiger charge is -2.29. The van der Waals surface area contributed by atoms with Crippen LogP contribution in [0.25, 0.3) is 11.0 Å². The average Bonchev–Trinajstić information content (AvgIpc) is 3.10. The van der Waals surface area contributed by atoms with Crippen LogP contribution in [0.1, 0.15) is 51.4 Å².